The lowest BCUT2D eigenvalue weighted by Crippen LogP contribution is -2.26. The van der Waals surface area contributed by atoms with Crippen LogP contribution in [0.1, 0.15) is 22.8 Å². The summed E-state index contributed by atoms with van der Waals surface area (Å²) in [5.74, 6) is 0.0314. The van der Waals surface area contributed by atoms with E-state index < -0.39 is 0 Å². The van der Waals surface area contributed by atoms with E-state index >= 15 is 0 Å². The minimum Gasteiger partial charge on any atom is -0.385 e. The number of para-hydroxylation sites is 1. The molecule has 2 rings (SSSR count). The third kappa shape index (κ3) is 3.61. The number of halogens is 1. The predicted octanol–water partition coefficient (Wildman–Crippen LogP) is 4.21. The van der Waals surface area contributed by atoms with Gasteiger partial charge < -0.3 is 10.2 Å². The van der Waals surface area contributed by atoms with Gasteiger partial charge in [-0.1, -0.05) is 12.1 Å². The van der Waals surface area contributed by atoms with Crippen molar-refractivity contribution in [1.82, 2.24) is 4.90 Å². The number of thiophene rings is 1. The largest absolute Gasteiger partial charge is 0.385 e. The van der Waals surface area contributed by atoms with Crippen molar-refractivity contribution in [2.24, 2.45) is 0 Å². The summed E-state index contributed by atoms with van der Waals surface area (Å²) in [7, 11) is 1.83. The van der Waals surface area contributed by atoms with Gasteiger partial charge in [-0.3, -0.25) is 4.79 Å². The molecule has 1 heterocycles. The highest BCUT2D eigenvalue weighted by atomic mass is 79.9. The molecule has 2 aromatic rings. The van der Waals surface area contributed by atoms with Crippen LogP contribution < -0.4 is 5.32 Å². The first-order valence-corrected chi connectivity index (χ1v) is 8.10. The Kier molecular flexibility index (Phi) is 5.20. The van der Waals surface area contributed by atoms with E-state index in [1.165, 1.54) is 0 Å². The summed E-state index contributed by atoms with van der Waals surface area (Å²) in [5, 5.41) is 5.29. The van der Waals surface area contributed by atoms with E-state index in [0.29, 0.717) is 12.1 Å². The fourth-order valence-electron chi connectivity index (χ4n) is 1.99. The number of benzene rings is 1. The normalized spacial score (nSPS) is 10.3. The Morgan fingerprint density at radius 1 is 1.40 bits per heavy atom. The minimum absolute atomic E-state index is 0.0314. The first-order valence-electron chi connectivity index (χ1n) is 6.43. The Morgan fingerprint density at radius 3 is 2.80 bits per heavy atom. The smallest absolute Gasteiger partial charge is 0.255 e. The fourth-order valence-corrected chi connectivity index (χ4v) is 3.19. The fraction of sp³-hybridized carbons (Fsp3) is 0.267. The molecule has 0 saturated heterocycles. The van der Waals surface area contributed by atoms with Gasteiger partial charge >= 0.3 is 0 Å². The number of hydrogen-bond acceptors (Lipinski definition) is 3. The van der Waals surface area contributed by atoms with Crippen LogP contribution in [0.4, 0.5) is 5.69 Å². The lowest BCUT2D eigenvalue weighted by Gasteiger charge is -2.18. The van der Waals surface area contributed by atoms with Gasteiger partial charge in [0.1, 0.15) is 0 Å². The van der Waals surface area contributed by atoms with Crippen molar-refractivity contribution in [3.63, 3.8) is 0 Å². The van der Waals surface area contributed by atoms with Crippen LogP contribution in [0.5, 0.6) is 0 Å². The van der Waals surface area contributed by atoms with Gasteiger partial charge in [-0.2, -0.15) is 0 Å². The van der Waals surface area contributed by atoms with Crippen LogP contribution in [-0.2, 0) is 6.54 Å². The Labute approximate surface area is 131 Å². The van der Waals surface area contributed by atoms with E-state index in [2.05, 4.69) is 26.6 Å². The van der Waals surface area contributed by atoms with Crippen molar-refractivity contribution in [3.05, 3.63) is 50.6 Å². The van der Waals surface area contributed by atoms with Gasteiger partial charge in [0, 0.05) is 25.8 Å². The highest BCUT2D eigenvalue weighted by Crippen LogP contribution is 2.23. The summed E-state index contributed by atoms with van der Waals surface area (Å²) in [6, 6.07) is 9.67. The van der Waals surface area contributed by atoms with Crippen molar-refractivity contribution in [1.29, 1.82) is 0 Å². The maximum Gasteiger partial charge on any atom is 0.255 e. The summed E-state index contributed by atoms with van der Waals surface area (Å²) in [5.41, 5.74) is 2.74. The predicted molar refractivity (Wildman–Crippen MR) is 88.4 cm³/mol. The summed E-state index contributed by atoms with van der Waals surface area (Å²) >= 11 is 5.07. The maximum absolute atomic E-state index is 12.5. The van der Waals surface area contributed by atoms with Gasteiger partial charge in [-0.25, -0.2) is 0 Å². The molecule has 0 spiro atoms. The zero-order valence-electron chi connectivity index (χ0n) is 11.5. The summed E-state index contributed by atoms with van der Waals surface area (Å²) in [4.78, 5) is 14.3. The van der Waals surface area contributed by atoms with Gasteiger partial charge in [-0.15, -0.1) is 11.3 Å². The molecule has 0 radical (unpaired) electrons. The zero-order chi connectivity index (χ0) is 14.5. The first-order chi connectivity index (χ1) is 9.61. The molecule has 1 aromatic heterocycles. The van der Waals surface area contributed by atoms with E-state index in [1.807, 2.05) is 44.3 Å². The number of nitrogens with zero attached hydrogens (tertiary/aromatic N) is 1. The maximum atomic E-state index is 12.5. The van der Waals surface area contributed by atoms with E-state index in [9.17, 15) is 4.79 Å². The zero-order valence-corrected chi connectivity index (χ0v) is 13.9. The molecule has 1 aromatic carbocycles. The van der Waals surface area contributed by atoms with Gasteiger partial charge in [0.05, 0.1) is 9.35 Å². The van der Waals surface area contributed by atoms with Gasteiger partial charge in [0.2, 0.25) is 0 Å². The van der Waals surface area contributed by atoms with Gasteiger partial charge in [0.15, 0.2) is 0 Å². The molecule has 0 aliphatic heterocycles. The number of carbonyl (C=O) groups is 1. The molecular weight excluding hydrogens is 336 g/mol. The second-order valence-corrected chi connectivity index (χ2v) is 6.79. The van der Waals surface area contributed by atoms with Crippen molar-refractivity contribution >= 4 is 38.9 Å². The van der Waals surface area contributed by atoms with Crippen LogP contribution in [0.15, 0.2) is 39.5 Å². The Balaban J connectivity index is 2.14. The molecule has 5 heteroatoms. The standard InChI is InChI=1S/C15H17BrN2OS/c1-3-17-13-7-5-4-6-12(13)15(19)18(2)9-11-8-14(16)20-10-11/h4-8,10,17H,3,9H2,1-2H3. The van der Waals surface area contributed by atoms with E-state index in [-0.39, 0.29) is 5.91 Å². The lowest BCUT2D eigenvalue weighted by molar-refractivity contribution is 0.0786. The molecule has 20 heavy (non-hydrogen) atoms. The highest BCUT2D eigenvalue weighted by molar-refractivity contribution is 9.11. The summed E-state index contributed by atoms with van der Waals surface area (Å²) < 4.78 is 1.08. The summed E-state index contributed by atoms with van der Waals surface area (Å²) in [6.45, 7) is 3.43. The molecule has 1 amide bonds. The second kappa shape index (κ2) is 6.90. The molecule has 3 nitrogen and oxygen atoms in total. The Bertz CT molecular complexity index is 597. The molecule has 0 fully saturated rings. The number of anilines is 1. The Hall–Kier alpha value is -1.33. The lowest BCUT2D eigenvalue weighted by atomic mass is 10.1. The molecule has 0 aliphatic carbocycles. The number of amides is 1. The molecular formula is C15H17BrN2OS. The van der Waals surface area contributed by atoms with Crippen molar-refractivity contribution in [2.75, 3.05) is 18.9 Å². The second-order valence-electron chi connectivity index (χ2n) is 4.50. The molecule has 1 N–H and O–H groups in total. The molecule has 0 atom stereocenters. The molecule has 0 bridgehead atoms. The van der Waals surface area contributed by atoms with Crippen LogP contribution in [-0.4, -0.2) is 24.4 Å². The van der Waals surface area contributed by atoms with E-state index in [1.54, 1.807) is 16.2 Å². The van der Waals surface area contributed by atoms with Crippen LogP contribution >= 0.6 is 27.3 Å². The minimum atomic E-state index is 0.0314. The van der Waals surface area contributed by atoms with Crippen molar-refractivity contribution < 1.29 is 4.79 Å². The molecule has 0 aliphatic rings. The molecule has 106 valence electrons. The molecule has 0 saturated carbocycles. The molecule has 0 unspecified atom stereocenters. The van der Waals surface area contributed by atoms with E-state index in [4.69, 9.17) is 0 Å². The quantitative estimate of drug-likeness (QED) is 0.873. The average Bonchev–Trinajstić information content (AvgIpc) is 2.84. The number of nitrogens with one attached hydrogen (secondary N) is 1. The third-order valence-corrected chi connectivity index (χ3v) is 4.47. The van der Waals surface area contributed by atoms with Crippen LogP contribution in [0, 0.1) is 0 Å². The van der Waals surface area contributed by atoms with Crippen molar-refractivity contribution in [3.8, 4) is 0 Å². The SMILES string of the molecule is CCNc1ccccc1C(=O)N(C)Cc1csc(Br)c1. The van der Waals surface area contributed by atoms with Crippen molar-refractivity contribution in [2.45, 2.75) is 13.5 Å². The van der Waals surface area contributed by atoms with Crippen LogP contribution in [0.2, 0.25) is 0 Å². The number of carbonyl (C=O) groups excluding carboxylic acids is 1. The van der Waals surface area contributed by atoms with Gasteiger partial charge in [0.25, 0.3) is 5.91 Å². The van der Waals surface area contributed by atoms with Gasteiger partial charge in [-0.05, 0) is 52.0 Å². The Morgan fingerprint density at radius 2 is 2.15 bits per heavy atom. The topological polar surface area (TPSA) is 32.3 Å². The average molecular weight is 353 g/mol. The van der Waals surface area contributed by atoms with E-state index in [0.717, 1.165) is 21.6 Å². The number of rotatable bonds is 5. The highest BCUT2D eigenvalue weighted by Gasteiger charge is 2.15. The summed E-state index contributed by atoms with van der Waals surface area (Å²) in [6.07, 6.45) is 0. The monoisotopic (exact) mass is 352 g/mol. The third-order valence-electron chi connectivity index (χ3n) is 2.91. The van der Waals surface area contributed by atoms with Crippen LogP contribution in [0.3, 0.4) is 0 Å². The first kappa shape index (κ1) is 15.1. The number of hydrogen-bond donors (Lipinski definition) is 1. The van der Waals surface area contributed by atoms with Crippen LogP contribution in [0.25, 0.3) is 0 Å².